The molecule has 1 aromatic rings. The number of rotatable bonds is 4. The summed E-state index contributed by atoms with van der Waals surface area (Å²) in [4.78, 5) is 14.6. The van der Waals surface area contributed by atoms with Crippen molar-refractivity contribution in [1.82, 2.24) is 10.2 Å². The highest BCUT2D eigenvalue weighted by Crippen LogP contribution is 2.27. The number of hydrogen-bond donors (Lipinski definition) is 1. The second-order valence-electron chi connectivity index (χ2n) is 6.61. The highest BCUT2D eigenvalue weighted by molar-refractivity contribution is 5.94. The van der Waals surface area contributed by atoms with E-state index in [0.717, 1.165) is 32.0 Å². The maximum absolute atomic E-state index is 13.6. The van der Waals surface area contributed by atoms with Crippen molar-refractivity contribution in [2.24, 2.45) is 5.92 Å². The molecule has 2 aliphatic rings. The standard InChI is InChI=1S/C18H25FN2O/c19-17-8-4-3-7-16(17)18(22)20-13-14-9-11-21(12-10-14)15-5-1-2-6-15/h3-4,7-8,14-15H,1-2,5-6,9-13H2,(H,20,22). The van der Waals surface area contributed by atoms with Crippen LogP contribution in [-0.2, 0) is 0 Å². The van der Waals surface area contributed by atoms with Crippen molar-refractivity contribution in [2.45, 2.75) is 44.6 Å². The van der Waals surface area contributed by atoms with Gasteiger partial charge in [-0.2, -0.15) is 0 Å². The molecule has 3 nitrogen and oxygen atoms in total. The Morgan fingerprint density at radius 2 is 1.82 bits per heavy atom. The molecule has 2 fully saturated rings. The van der Waals surface area contributed by atoms with Gasteiger partial charge in [0.2, 0.25) is 0 Å². The van der Waals surface area contributed by atoms with Crippen LogP contribution in [0.5, 0.6) is 0 Å². The number of piperidine rings is 1. The number of carbonyl (C=O) groups excluding carboxylic acids is 1. The molecule has 0 bridgehead atoms. The molecule has 1 aromatic carbocycles. The molecule has 0 atom stereocenters. The Kier molecular flexibility index (Phi) is 5.08. The van der Waals surface area contributed by atoms with Crippen molar-refractivity contribution in [3.05, 3.63) is 35.6 Å². The van der Waals surface area contributed by atoms with Gasteiger partial charge in [-0.3, -0.25) is 4.79 Å². The highest BCUT2D eigenvalue weighted by atomic mass is 19.1. The van der Waals surface area contributed by atoms with Crippen LogP contribution in [0.1, 0.15) is 48.9 Å². The van der Waals surface area contributed by atoms with Gasteiger partial charge in [0.05, 0.1) is 5.56 Å². The minimum Gasteiger partial charge on any atom is -0.352 e. The molecule has 1 N–H and O–H groups in total. The predicted molar refractivity (Wildman–Crippen MR) is 85.3 cm³/mol. The van der Waals surface area contributed by atoms with Crippen LogP contribution in [0.4, 0.5) is 4.39 Å². The lowest BCUT2D eigenvalue weighted by Crippen LogP contribution is -2.42. The Morgan fingerprint density at radius 1 is 1.14 bits per heavy atom. The molecule has 4 heteroatoms. The molecule has 1 aliphatic carbocycles. The summed E-state index contributed by atoms with van der Waals surface area (Å²) in [6.07, 6.45) is 7.73. The van der Waals surface area contributed by atoms with Gasteiger partial charge in [-0.25, -0.2) is 4.39 Å². The molecule has 22 heavy (non-hydrogen) atoms. The highest BCUT2D eigenvalue weighted by Gasteiger charge is 2.27. The lowest BCUT2D eigenvalue weighted by molar-refractivity contribution is 0.0921. The van der Waals surface area contributed by atoms with Gasteiger partial charge >= 0.3 is 0 Å². The van der Waals surface area contributed by atoms with E-state index in [1.54, 1.807) is 12.1 Å². The van der Waals surface area contributed by atoms with E-state index in [9.17, 15) is 9.18 Å². The number of likely N-dealkylation sites (tertiary alicyclic amines) is 1. The largest absolute Gasteiger partial charge is 0.352 e. The molecule has 0 radical (unpaired) electrons. The molecule has 1 heterocycles. The molecule has 1 amide bonds. The van der Waals surface area contributed by atoms with Crippen molar-refractivity contribution in [1.29, 1.82) is 0 Å². The van der Waals surface area contributed by atoms with Crippen LogP contribution in [0, 0.1) is 11.7 Å². The third-order valence-electron chi connectivity index (χ3n) is 5.16. The first-order valence-electron chi connectivity index (χ1n) is 8.51. The van der Waals surface area contributed by atoms with Crippen molar-refractivity contribution < 1.29 is 9.18 Å². The van der Waals surface area contributed by atoms with E-state index in [0.29, 0.717) is 12.5 Å². The summed E-state index contributed by atoms with van der Waals surface area (Å²) in [6.45, 7) is 2.95. The molecule has 1 saturated heterocycles. The van der Waals surface area contributed by atoms with E-state index in [4.69, 9.17) is 0 Å². The van der Waals surface area contributed by atoms with Crippen LogP contribution in [0.2, 0.25) is 0 Å². The third-order valence-corrected chi connectivity index (χ3v) is 5.16. The molecular weight excluding hydrogens is 279 g/mol. The first-order valence-corrected chi connectivity index (χ1v) is 8.51. The summed E-state index contributed by atoms with van der Waals surface area (Å²) in [7, 11) is 0. The van der Waals surface area contributed by atoms with Gasteiger partial charge in [-0.15, -0.1) is 0 Å². The van der Waals surface area contributed by atoms with Gasteiger partial charge in [-0.05, 0) is 56.8 Å². The predicted octanol–water partition coefficient (Wildman–Crippen LogP) is 3.21. The second kappa shape index (κ2) is 7.23. The smallest absolute Gasteiger partial charge is 0.254 e. The number of carbonyl (C=O) groups is 1. The monoisotopic (exact) mass is 304 g/mol. The molecule has 0 unspecified atom stereocenters. The van der Waals surface area contributed by atoms with Crippen molar-refractivity contribution in [3.63, 3.8) is 0 Å². The molecule has 120 valence electrons. The summed E-state index contributed by atoms with van der Waals surface area (Å²) in [5.41, 5.74) is 0.144. The van der Waals surface area contributed by atoms with Gasteiger partial charge in [0.1, 0.15) is 5.82 Å². The third kappa shape index (κ3) is 3.67. The quantitative estimate of drug-likeness (QED) is 0.926. The molecule has 0 spiro atoms. The molecule has 3 rings (SSSR count). The van der Waals surface area contributed by atoms with E-state index >= 15 is 0 Å². The first kappa shape index (κ1) is 15.5. The van der Waals surface area contributed by atoms with Crippen LogP contribution >= 0.6 is 0 Å². The zero-order valence-electron chi connectivity index (χ0n) is 13.1. The van der Waals surface area contributed by atoms with E-state index in [1.807, 2.05) is 0 Å². The van der Waals surface area contributed by atoms with Gasteiger partial charge in [0.25, 0.3) is 5.91 Å². The Labute approximate surface area is 131 Å². The van der Waals surface area contributed by atoms with Gasteiger partial charge in [0, 0.05) is 12.6 Å². The number of nitrogens with zero attached hydrogens (tertiary/aromatic N) is 1. The molecule has 1 saturated carbocycles. The molecule has 0 aromatic heterocycles. The minimum atomic E-state index is -0.448. The summed E-state index contributed by atoms with van der Waals surface area (Å²) in [5.74, 6) is -0.222. The Bertz CT molecular complexity index is 506. The fourth-order valence-electron chi connectivity index (χ4n) is 3.77. The van der Waals surface area contributed by atoms with E-state index < -0.39 is 5.82 Å². The van der Waals surface area contributed by atoms with E-state index in [1.165, 1.54) is 37.8 Å². The minimum absolute atomic E-state index is 0.144. The van der Waals surface area contributed by atoms with Crippen molar-refractivity contribution in [3.8, 4) is 0 Å². The van der Waals surface area contributed by atoms with Gasteiger partial charge < -0.3 is 10.2 Å². The summed E-state index contributed by atoms with van der Waals surface area (Å²) >= 11 is 0. The van der Waals surface area contributed by atoms with Crippen LogP contribution < -0.4 is 5.32 Å². The van der Waals surface area contributed by atoms with Gasteiger partial charge in [0.15, 0.2) is 0 Å². The summed E-state index contributed by atoms with van der Waals surface area (Å²) in [5, 5.41) is 2.90. The van der Waals surface area contributed by atoms with E-state index in [2.05, 4.69) is 10.2 Å². The SMILES string of the molecule is O=C(NCC1CCN(C2CCCC2)CC1)c1ccccc1F. The number of halogens is 1. The average molecular weight is 304 g/mol. The lowest BCUT2D eigenvalue weighted by atomic mass is 9.95. The number of hydrogen-bond acceptors (Lipinski definition) is 2. The first-order chi connectivity index (χ1) is 10.7. The maximum Gasteiger partial charge on any atom is 0.254 e. The zero-order valence-corrected chi connectivity index (χ0v) is 13.1. The fraction of sp³-hybridized carbons (Fsp3) is 0.611. The van der Waals surface area contributed by atoms with Gasteiger partial charge in [-0.1, -0.05) is 25.0 Å². The van der Waals surface area contributed by atoms with Crippen molar-refractivity contribution in [2.75, 3.05) is 19.6 Å². The molecule has 1 aliphatic heterocycles. The maximum atomic E-state index is 13.6. The normalized spacial score (nSPS) is 21.1. The zero-order chi connectivity index (χ0) is 15.4. The van der Waals surface area contributed by atoms with Crippen LogP contribution in [0.3, 0.4) is 0 Å². The summed E-state index contributed by atoms with van der Waals surface area (Å²) in [6, 6.07) is 6.96. The fourth-order valence-corrected chi connectivity index (χ4v) is 3.77. The summed E-state index contributed by atoms with van der Waals surface area (Å²) < 4.78 is 13.6. The Balaban J connectivity index is 1.43. The number of amides is 1. The van der Waals surface area contributed by atoms with E-state index in [-0.39, 0.29) is 11.5 Å². The Hall–Kier alpha value is -1.42. The second-order valence-corrected chi connectivity index (χ2v) is 6.61. The topological polar surface area (TPSA) is 32.3 Å². The van der Waals surface area contributed by atoms with Crippen LogP contribution in [0.25, 0.3) is 0 Å². The molecular formula is C18H25FN2O. The number of nitrogens with one attached hydrogen (secondary N) is 1. The lowest BCUT2D eigenvalue weighted by Gasteiger charge is -2.36. The average Bonchev–Trinajstić information content (AvgIpc) is 3.08. The number of benzene rings is 1. The van der Waals surface area contributed by atoms with Crippen molar-refractivity contribution >= 4 is 5.91 Å². The van der Waals surface area contributed by atoms with Crippen LogP contribution in [0.15, 0.2) is 24.3 Å². The van der Waals surface area contributed by atoms with Crippen LogP contribution in [-0.4, -0.2) is 36.5 Å². The Morgan fingerprint density at radius 3 is 2.50 bits per heavy atom.